The van der Waals surface area contributed by atoms with Crippen molar-refractivity contribution < 1.29 is 4.74 Å². The van der Waals surface area contributed by atoms with Gasteiger partial charge in [0.05, 0.1) is 7.11 Å². The summed E-state index contributed by atoms with van der Waals surface area (Å²) in [5.74, 6) is 0.857. The molecule has 2 rings (SSSR count). The van der Waals surface area contributed by atoms with Gasteiger partial charge >= 0.3 is 0 Å². The zero-order valence-electron chi connectivity index (χ0n) is 11.9. The van der Waals surface area contributed by atoms with Gasteiger partial charge in [-0.15, -0.1) is 0 Å². The van der Waals surface area contributed by atoms with Crippen molar-refractivity contribution in [2.75, 3.05) is 13.7 Å². The Morgan fingerprint density at radius 3 is 2.40 bits per heavy atom. The fourth-order valence-corrected chi connectivity index (χ4v) is 2.60. The molecule has 0 amide bonds. The first-order chi connectivity index (χ1) is 9.57. The summed E-state index contributed by atoms with van der Waals surface area (Å²) in [6, 6.07) is 16.1. The molecule has 2 aromatic carbocycles. The number of methoxy groups -OCH3 is 1. The lowest BCUT2D eigenvalue weighted by atomic mass is 9.77. The van der Waals surface area contributed by atoms with E-state index in [1.807, 2.05) is 30.3 Å². The first kappa shape index (κ1) is 14.9. The summed E-state index contributed by atoms with van der Waals surface area (Å²) < 4.78 is 5.20. The summed E-state index contributed by atoms with van der Waals surface area (Å²) in [4.78, 5) is 0. The SMILES string of the molecule is COc1ccc(C(C)(CN)Cc2cccc(Cl)c2)cc1. The molecular formula is C17H20ClNO. The molecule has 0 aliphatic carbocycles. The molecule has 2 nitrogen and oxygen atoms in total. The van der Waals surface area contributed by atoms with Gasteiger partial charge in [-0.1, -0.05) is 42.8 Å². The van der Waals surface area contributed by atoms with Crippen LogP contribution in [0.25, 0.3) is 0 Å². The Balaban J connectivity index is 2.27. The lowest BCUT2D eigenvalue weighted by Crippen LogP contribution is -2.34. The van der Waals surface area contributed by atoms with Crippen LogP contribution < -0.4 is 10.5 Å². The summed E-state index contributed by atoms with van der Waals surface area (Å²) in [5, 5.41) is 0.761. The highest BCUT2D eigenvalue weighted by Crippen LogP contribution is 2.29. The summed E-state index contributed by atoms with van der Waals surface area (Å²) in [6.07, 6.45) is 0.858. The van der Waals surface area contributed by atoms with E-state index in [4.69, 9.17) is 22.1 Å². The van der Waals surface area contributed by atoms with Crippen LogP contribution in [-0.2, 0) is 11.8 Å². The largest absolute Gasteiger partial charge is 0.497 e. The van der Waals surface area contributed by atoms with Crippen molar-refractivity contribution in [1.82, 2.24) is 0 Å². The predicted octanol–water partition coefficient (Wildman–Crippen LogP) is 3.81. The monoisotopic (exact) mass is 289 g/mol. The minimum Gasteiger partial charge on any atom is -0.497 e. The first-order valence-electron chi connectivity index (χ1n) is 6.66. The normalized spacial score (nSPS) is 13.8. The lowest BCUT2D eigenvalue weighted by molar-refractivity contribution is 0.413. The molecule has 0 spiro atoms. The van der Waals surface area contributed by atoms with Gasteiger partial charge in [-0.25, -0.2) is 0 Å². The number of hydrogen-bond acceptors (Lipinski definition) is 2. The lowest BCUT2D eigenvalue weighted by Gasteiger charge is -2.29. The van der Waals surface area contributed by atoms with Gasteiger partial charge in [-0.05, 0) is 41.8 Å². The predicted molar refractivity (Wildman–Crippen MR) is 84.6 cm³/mol. The van der Waals surface area contributed by atoms with Crippen molar-refractivity contribution in [3.8, 4) is 5.75 Å². The van der Waals surface area contributed by atoms with Crippen LogP contribution in [0.5, 0.6) is 5.75 Å². The Bertz CT molecular complexity index is 567. The molecule has 0 aliphatic heterocycles. The zero-order chi connectivity index (χ0) is 14.6. The number of rotatable bonds is 5. The van der Waals surface area contributed by atoms with Crippen LogP contribution in [-0.4, -0.2) is 13.7 Å². The third-order valence-corrected chi connectivity index (χ3v) is 3.96. The third-order valence-electron chi connectivity index (χ3n) is 3.72. The van der Waals surface area contributed by atoms with Gasteiger partial charge in [0.2, 0.25) is 0 Å². The molecule has 1 atom stereocenters. The molecule has 3 heteroatoms. The van der Waals surface area contributed by atoms with E-state index in [9.17, 15) is 0 Å². The molecule has 0 fully saturated rings. The van der Waals surface area contributed by atoms with E-state index in [0.717, 1.165) is 17.2 Å². The van der Waals surface area contributed by atoms with Crippen LogP contribution in [0.4, 0.5) is 0 Å². The van der Waals surface area contributed by atoms with E-state index in [1.165, 1.54) is 11.1 Å². The van der Waals surface area contributed by atoms with E-state index < -0.39 is 0 Å². The number of halogens is 1. The van der Waals surface area contributed by atoms with Crippen LogP contribution in [0.1, 0.15) is 18.1 Å². The molecular weight excluding hydrogens is 270 g/mol. The highest BCUT2D eigenvalue weighted by Gasteiger charge is 2.25. The van der Waals surface area contributed by atoms with Gasteiger partial charge in [-0.3, -0.25) is 0 Å². The van der Waals surface area contributed by atoms with Gasteiger partial charge in [0.1, 0.15) is 5.75 Å². The van der Waals surface area contributed by atoms with Crippen LogP contribution in [0.15, 0.2) is 48.5 Å². The Kier molecular flexibility index (Phi) is 4.69. The minimum absolute atomic E-state index is 0.114. The number of nitrogens with two attached hydrogens (primary N) is 1. The Morgan fingerprint density at radius 2 is 1.85 bits per heavy atom. The van der Waals surface area contributed by atoms with E-state index in [-0.39, 0.29) is 5.41 Å². The summed E-state index contributed by atoms with van der Waals surface area (Å²) in [5.41, 5.74) is 8.32. The average Bonchev–Trinajstić information content (AvgIpc) is 2.47. The van der Waals surface area contributed by atoms with E-state index in [0.29, 0.717) is 6.54 Å². The number of benzene rings is 2. The first-order valence-corrected chi connectivity index (χ1v) is 7.04. The van der Waals surface area contributed by atoms with Crippen LogP contribution in [0, 0.1) is 0 Å². The summed E-state index contributed by atoms with van der Waals surface area (Å²) in [7, 11) is 1.67. The molecule has 2 aromatic rings. The van der Waals surface area contributed by atoms with Crippen molar-refractivity contribution >= 4 is 11.6 Å². The molecule has 2 N–H and O–H groups in total. The van der Waals surface area contributed by atoms with E-state index in [2.05, 4.69) is 25.1 Å². The Labute approximate surface area is 125 Å². The topological polar surface area (TPSA) is 35.2 Å². The second kappa shape index (κ2) is 6.29. The second-order valence-electron chi connectivity index (χ2n) is 5.30. The van der Waals surface area contributed by atoms with E-state index in [1.54, 1.807) is 7.11 Å². The zero-order valence-corrected chi connectivity index (χ0v) is 12.7. The highest BCUT2D eigenvalue weighted by molar-refractivity contribution is 6.30. The van der Waals surface area contributed by atoms with Crippen molar-refractivity contribution in [2.24, 2.45) is 5.73 Å². The van der Waals surface area contributed by atoms with Crippen LogP contribution >= 0.6 is 11.6 Å². The second-order valence-corrected chi connectivity index (χ2v) is 5.74. The summed E-state index contributed by atoms with van der Waals surface area (Å²) >= 11 is 6.05. The standard InChI is InChI=1S/C17H20ClNO/c1-17(12-19,11-13-4-3-5-15(18)10-13)14-6-8-16(20-2)9-7-14/h3-10H,11-12,19H2,1-2H3. The maximum absolute atomic E-state index is 6.05. The van der Waals surface area contributed by atoms with Crippen LogP contribution in [0.2, 0.25) is 5.02 Å². The molecule has 106 valence electrons. The van der Waals surface area contributed by atoms with Gasteiger partial charge < -0.3 is 10.5 Å². The van der Waals surface area contributed by atoms with Gasteiger partial charge in [0, 0.05) is 17.0 Å². The third kappa shape index (κ3) is 3.33. The van der Waals surface area contributed by atoms with Crippen molar-refractivity contribution in [3.05, 3.63) is 64.7 Å². The highest BCUT2D eigenvalue weighted by atomic mass is 35.5. The number of ether oxygens (including phenoxy) is 1. The average molecular weight is 290 g/mol. The van der Waals surface area contributed by atoms with Crippen molar-refractivity contribution in [1.29, 1.82) is 0 Å². The molecule has 0 saturated carbocycles. The maximum atomic E-state index is 6.05. The maximum Gasteiger partial charge on any atom is 0.118 e. The fourth-order valence-electron chi connectivity index (χ4n) is 2.38. The molecule has 0 saturated heterocycles. The smallest absolute Gasteiger partial charge is 0.118 e. The van der Waals surface area contributed by atoms with Crippen molar-refractivity contribution in [2.45, 2.75) is 18.8 Å². The fraction of sp³-hybridized carbons (Fsp3) is 0.294. The van der Waals surface area contributed by atoms with Gasteiger partial charge in [0.15, 0.2) is 0 Å². The van der Waals surface area contributed by atoms with Gasteiger partial charge in [0.25, 0.3) is 0 Å². The quantitative estimate of drug-likeness (QED) is 0.908. The molecule has 1 unspecified atom stereocenters. The molecule has 0 heterocycles. The molecule has 0 aliphatic rings. The molecule has 0 bridgehead atoms. The van der Waals surface area contributed by atoms with Crippen molar-refractivity contribution in [3.63, 3.8) is 0 Å². The molecule has 20 heavy (non-hydrogen) atoms. The molecule has 0 radical (unpaired) electrons. The summed E-state index contributed by atoms with van der Waals surface area (Å²) in [6.45, 7) is 2.75. The minimum atomic E-state index is -0.114. The van der Waals surface area contributed by atoms with Gasteiger partial charge in [-0.2, -0.15) is 0 Å². The number of hydrogen-bond donors (Lipinski definition) is 1. The van der Waals surface area contributed by atoms with Crippen LogP contribution in [0.3, 0.4) is 0 Å². The Hall–Kier alpha value is -1.51. The molecule has 0 aromatic heterocycles. The Morgan fingerprint density at radius 1 is 1.15 bits per heavy atom. The van der Waals surface area contributed by atoms with E-state index >= 15 is 0 Å².